The Hall–Kier alpha value is -1.59. The number of anilines is 1. The van der Waals surface area contributed by atoms with Gasteiger partial charge in [-0.05, 0) is 49.2 Å². The van der Waals surface area contributed by atoms with Crippen LogP contribution in [0.25, 0.3) is 0 Å². The quantitative estimate of drug-likeness (QED) is 0.824. The first-order chi connectivity index (χ1) is 9.97. The Balaban J connectivity index is 1.99. The van der Waals surface area contributed by atoms with Crippen molar-refractivity contribution in [2.24, 2.45) is 0 Å². The normalized spacial score (nSPS) is 10.3. The highest BCUT2D eigenvalue weighted by atomic mass is 79.9. The molecular formula is C15H14BrClN2O2. The lowest BCUT2D eigenvalue weighted by Gasteiger charge is -2.11. The Kier molecular flexibility index (Phi) is 5.20. The molecule has 1 aromatic heterocycles. The van der Waals surface area contributed by atoms with E-state index in [1.165, 1.54) is 0 Å². The van der Waals surface area contributed by atoms with Crippen molar-refractivity contribution in [3.8, 4) is 5.75 Å². The zero-order valence-electron chi connectivity index (χ0n) is 11.6. The fourth-order valence-electron chi connectivity index (χ4n) is 1.72. The third kappa shape index (κ3) is 4.19. The molecule has 110 valence electrons. The molecule has 0 radical (unpaired) electrons. The molecule has 0 spiro atoms. The molecule has 0 bridgehead atoms. The van der Waals surface area contributed by atoms with E-state index < -0.39 is 0 Å². The van der Waals surface area contributed by atoms with E-state index in [1.807, 2.05) is 26.0 Å². The fraction of sp³-hybridized carbons (Fsp3) is 0.200. The summed E-state index contributed by atoms with van der Waals surface area (Å²) in [6, 6.07) is 7.23. The topological polar surface area (TPSA) is 51.2 Å². The number of aromatic nitrogens is 1. The molecule has 4 nitrogen and oxygen atoms in total. The smallest absolute Gasteiger partial charge is 0.262 e. The SMILES string of the molecule is Cc1cc(OCC(=O)Nc2cccnc2Cl)c(C)cc1Br. The average Bonchev–Trinajstić information content (AvgIpc) is 2.44. The van der Waals surface area contributed by atoms with Gasteiger partial charge in [0.1, 0.15) is 5.75 Å². The van der Waals surface area contributed by atoms with Gasteiger partial charge in [-0.3, -0.25) is 4.79 Å². The average molecular weight is 370 g/mol. The van der Waals surface area contributed by atoms with E-state index in [9.17, 15) is 4.79 Å². The van der Waals surface area contributed by atoms with Crippen LogP contribution >= 0.6 is 27.5 Å². The summed E-state index contributed by atoms with van der Waals surface area (Å²) in [5, 5.41) is 2.91. The Morgan fingerprint density at radius 2 is 2.14 bits per heavy atom. The Morgan fingerprint density at radius 1 is 1.38 bits per heavy atom. The molecule has 6 heteroatoms. The second kappa shape index (κ2) is 6.91. The zero-order chi connectivity index (χ0) is 15.4. The molecular weight excluding hydrogens is 356 g/mol. The molecule has 1 heterocycles. The minimum Gasteiger partial charge on any atom is -0.483 e. The van der Waals surface area contributed by atoms with Crippen LogP contribution in [0.5, 0.6) is 5.75 Å². The first-order valence-electron chi connectivity index (χ1n) is 6.27. The minimum absolute atomic E-state index is 0.0901. The molecule has 2 aromatic rings. The predicted molar refractivity (Wildman–Crippen MR) is 87.0 cm³/mol. The molecule has 2 rings (SSSR count). The van der Waals surface area contributed by atoms with Crippen molar-refractivity contribution in [2.45, 2.75) is 13.8 Å². The highest BCUT2D eigenvalue weighted by Gasteiger charge is 2.09. The minimum atomic E-state index is -0.287. The number of nitrogens with zero attached hydrogens (tertiary/aromatic N) is 1. The van der Waals surface area contributed by atoms with Crippen molar-refractivity contribution in [1.29, 1.82) is 0 Å². The van der Waals surface area contributed by atoms with Gasteiger partial charge in [-0.2, -0.15) is 0 Å². The fourth-order valence-corrected chi connectivity index (χ4v) is 2.34. The van der Waals surface area contributed by atoms with Gasteiger partial charge in [0.2, 0.25) is 0 Å². The number of hydrogen-bond donors (Lipinski definition) is 1. The second-order valence-electron chi connectivity index (χ2n) is 4.55. The van der Waals surface area contributed by atoms with E-state index in [1.54, 1.807) is 18.3 Å². The standard InChI is InChI=1S/C15H14BrClN2O2/c1-9-7-13(10(2)6-11(9)16)21-8-14(20)19-12-4-3-5-18-15(12)17/h3-7H,8H2,1-2H3,(H,19,20). The lowest BCUT2D eigenvalue weighted by Crippen LogP contribution is -2.20. The van der Waals surface area contributed by atoms with Gasteiger partial charge in [0.15, 0.2) is 11.8 Å². The first-order valence-corrected chi connectivity index (χ1v) is 7.44. The van der Waals surface area contributed by atoms with Crippen LogP contribution in [0.4, 0.5) is 5.69 Å². The molecule has 0 atom stereocenters. The maximum absolute atomic E-state index is 11.9. The van der Waals surface area contributed by atoms with Gasteiger partial charge in [0.25, 0.3) is 5.91 Å². The van der Waals surface area contributed by atoms with Crippen molar-refractivity contribution in [3.63, 3.8) is 0 Å². The third-order valence-corrected chi connectivity index (χ3v) is 4.00. The van der Waals surface area contributed by atoms with Crippen LogP contribution in [-0.4, -0.2) is 17.5 Å². The second-order valence-corrected chi connectivity index (χ2v) is 5.76. The Bertz CT molecular complexity index is 677. The van der Waals surface area contributed by atoms with Gasteiger partial charge in [-0.1, -0.05) is 27.5 Å². The summed E-state index contributed by atoms with van der Waals surface area (Å²) in [5.74, 6) is 0.396. The zero-order valence-corrected chi connectivity index (χ0v) is 14.0. The monoisotopic (exact) mass is 368 g/mol. The lowest BCUT2D eigenvalue weighted by molar-refractivity contribution is -0.118. The number of amides is 1. The van der Waals surface area contributed by atoms with Gasteiger partial charge in [0, 0.05) is 10.7 Å². The van der Waals surface area contributed by atoms with Crippen LogP contribution in [0.15, 0.2) is 34.9 Å². The molecule has 0 saturated heterocycles. The number of pyridine rings is 1. The first kappa shape index (κ1) is 15.8. The molecule has 0 saturated carbocycles. The number of carbonyl (C=O) groups is 1. The highest BCUT2D eigenvalue weighted by Crippen LogP contribution is 2.26. The molecule has 1 amide bonds. The van der Waals surface area contributed by atoms with Crippen molar-refractivity contribution in [3.05, 3.63) is 51.2 Å². The van der Waals surface area contributed by atoms with Crippen molar-refractivity contribution < 1.29 is 9.53 Å². The number of ether oxygens (including phenoxy) is 1. The van der Waals surface area contributed by atoms with Gasteiger partial charge < -0.3 is 10.1 Å². The maximum Gasteiger partial charge on any atom is 0.262 e. The molecule has 0 aliphatic carbocycles. The van der Waals surface area contributed by atoms with Crippen LogP contribution in [0, 0.1) is 13.8 Å². The maximum atomic E-state index is 11.9. The van der Waals surface area contributed by atoms with Gasteiger partial charge >= 0.3 is 0 Å². The summed E-state index contributed by atoms with van der Waals surface area (Å²) in [6.07, 6.45) is 1.56. The number of nitrogens with one attached hydrogen (secondary N) is 1. The number of carbonyl (C=O) groups excluding carboxylic acids is 1. The molecule has 0 aliphatic rings. The number of halogens is 2. The van der Waals surface area contributed by atoms with E-state index in [0.717, 1.165) is 15.6 Å². The van der Waals surface area contributed by atoms with Crippen LogP contribution in [0.2, 0.25) is 5.15 Å². The van der Waals surface area contributed by atoms with Crippen LogP contribution in [-0.2, 0) is 4.79 Å². The number of hydrogen-bond acceptors (Lipinski definition) is 3. The van der Waals surface area contributed by atoms with Crippen molar-refractivity contribution in [2.75, 3.05) is 11.9 Å². The van der Waals surface area contributed by atoms with E-state index in [4.69, 9.17) is 16.3 Å². The molecule has 0 unspecified atom stereocenters. The van der Waals surface area contributed by atoms with Crippen LogP contribution in [0.3, 0.4) is 0 Å². The summed E-state index contributed by atoms with van der Waals surface area (Å²) in [6.45, 7) is 3.80. The number of rotatable bonds is 4. The van der Waals surface area contributed by atoms with Gasteiger partial charge in [-0.15, -0.1) is 0 Å². The predicted octanol–water partition coefficient (Wildman–Crippen LogP) is 4.13. The van der Waals surface area contributed by atoms with Crippen molar-refractivity contribution >= 4 is 39.1 Å². The molecule has 1 N–H and O–H groups in total. The van der Waals surface area contributed by atoms with Crippen molar-refractivity contribution in [1.82, 2.24) is 4.98 Å². The summed E-state index contributed by atoms with van der Waals surface area (Å²) < 4.78 is 6.56. The lowest BCUT2D eigenvalue weighted by atomic mass is 10.1. The summed E-state index contributed by atoms with van der Waals surface area (Å²) in [5.41, 5.74) is 2.47. The van der Waals surface area contributed by atoms with E-state index in [2.05, 4.69) is 26.2 Å². The summed E-state index contributed by atoms with van der Waals surface area (Å²) >= 11 is 9.33. The Morgan fingerprint density at radius 3 is 2.86 bits per heavy atom. The Labute approximate surface area is 136 Å². The molecule has 1 aromatic carbocycles. The van der Waals surface area contributed by atoms with E-state index >= 15 is 0 Å². The largest absolute Gasteiger partial charge is 0.483 e. The highest BCUT2D eigenvalue weighted by molar-refractivity contribution is 9.10. The molecule has 0 fully saturated rings. The third-order valence-electron chi connectivity index (χ3n) is 2.85. The van der Waals surface area contributed by atoms with Gasteiger partial charge in [-0.25, -0.2) is 4.98 Å². The van der Waals surface area contributed by atoms with E-state index in [-0.39, 0.29) is 17.7 Å². The van der Waals surface area contributed by atoms with E-state index in [0.29, 0.717) is 11.4 Å². The molecule has 0 aliphatic heterocycles. The number of aryl methyl sites for hydroxylation is 2. The van der Waals surface area contributed by atoms with Gasteiger partial charge in [0.05, 0.1) is 5.69 Å². The summed E-state index contributed by atoms with van der Waals surface area (Å²) in [7, 11) is 0. The number of benzene rings is 1. The van der Waals surface area contributed by atoms with Crippen LogP contribution in [0.1, 0.15) is 11.1 Å². The van der Waals surface area contributed by atoms with Crippen LogP contribution < -0.4 is 10.1 Å². The summed E-state index contributed by atoms with van der Waals surface area (Å²) in [4.78, 5) is 15.8. The molecule has 21 heavy (non-hydrogen) atoms.